The van der Waals surface area contributed by atoms with Gasteiger partial charge < -0.3 is 15.8 Å². The van der Waals surface area contributed by atoms with Gasteiger partial charge in [0.25, 0.3) is 5.91 Å². The molecule has 1 aliphatic rings. The minimum Gasteiger partial charge on any atom is -0.489 e. The molecule has 3 N–H and O–H groups in total. The first kappa shape index (κ1) is 20.9. The Labute approximate surface area is 185 Å². The van der Waals surface area contributed by atoms with Gasteiger partial charge in [-0.2, -0.15) is 0 Å². The fourth-order valence-electron chi connectivity index (χ4n) is 3.66. The molecule has 1 aliphatic carbocycles. The number of primary amides is 1. The Hall–Kier alpha value is -3.38. The summed E-state index contributed by atoms with van der Waals surface area (Å²) in [4.78, 5) is 25.5. The van der Waals surface area contributed by atoms with Crippen molar-refractivity contribution in [2.75, 3.05) is 5.32 Å². The average Bonchev–Trinajstić information content (AvgIpc) is 3.15. The SMILES string of the molecule is NC(=O)c1c(NC(=O)/C=C/c2ccc(OCc3ccccc3)cc2)sc2c1CCCC2. The van der Waals surface area contributed by atoms with Crippen molar-refractivity contribution in [1.82, 2.24) is 0 Å². The summed E-state index contributed by atoms with van der Waals surface area (Å²) in [5.74, 6) is -0.00371. The molecule has 1 heterocycles. The summed E-state index contributed by atoms with van der Waals surface area (Å²) in [6.07, 6.45) is 7.11. The van der Waals surface area contributed by atoms with Crippen LogP contribution in [0.3, 0.4) is 0 Å². The van der Waals surface area contributed by atoms with Crippen LogP contribution in [0, 0.1) is 0 Å². The predicted molar refractivity (Wildman–Crippen MR) is 124 cm³/mol. The Morgan fingerprint density at radius 1 is 1.03 bits per heavy atom. The van der Waals surface area contributed by atoms with Gasteiger partial charge in [0.1, 0.15) is 17.4 Å². The third-order valence-corrected chi connectivity index (χ3v) is 6.42. The van der Waals surface area contributed by atoms with E-state index in [9.17, 15) is 9.59 Å². The van der Waals surface area contributed by atoms with E-state index in [-0.39, 0.29) is 5.91 Å². The van der Waals surface area contributed by atoms with Crippen LogP contribution in [0.1, 0.15) is 44.8 Å². The van der Waals surface area contributed by atoms with Crippen molar-refractivity contribution in [2.24, 2.45) is 5.73 Å². The smallest absolute Gasteiger partial charge is 0.251 e. The summed E-state index contributed by atoms with van der Waals surface area (Å²) in [7, 11) is 0. The Balaban J connectivity index is 1.37. The number of rotatable bonds is 7. The fraction of sp³-hybridized carbons (Fsp3) is 0.200. The van der Waals surface area contributed by atoms with Crippen LogP contribution in [0.2, 0.25) is 0 Å². The highest BCUT2D eigenvalue weighted by atomic mass is 32.1. The van der Waals surface area contributed by atoms with Gasteiger partial charge in [-0.05, 0) is 60.6 Å². The molecule has 6 heteroatoms. The number of thiophene rings is 1. The lowest BCUT2D eigenvalue weighted by Gasteiger charge is -2.11. The number of amides is 2. The van der Waals surface area contributed by atoms with Gasteiger partial charge in [0, 0.05) is 11.0 Å². The lowest BCUT2D eigenvalue weighted by molar-refractivity contribution is -0.111. The van der Waals surface area contributed by atoms with Crippen LogP contribution < -0.4 is 15.8 Å². The quantitative estimate of drug-likeness (QED) is 0.518. The number of hydrogen-bond donors (Lipinski definition) is 2. The van der Waals surface area contributed by atoms with Crippen LogP contribution in [0.4, 0.5) is 5.00 Å². The monoisotopic (exact) mass is 432 g/mol. The molecule has 1 aromatic heterocycles. The van der Waals surface area contributed by atoms with Crippen molar-refractivity contribution < 1.29 is 14.3 Å². The molecule has 0 saturated heterocycles. The first-order valence-electron chi connectivity index (χ1n) is 10.3. The van der Waals surface area contributed by atoms with Gasteiger partial charge in [0.15, 0.2) is 0 Å². The van der Waals surface area contributed by atoms with Crippen LogP contribution >= 0.6 is 11.3 Å². The topological polar surface area (TPSA) is 81.4 Å². The Morgan fingerprint density at radius 2 is 1.77 bits per heavy atom. The van der Waals surface area contributed by atoms with Gasteiger partial charge in [-0.15, -0.1) is 11.3 Å². The summed E-state index contributed by atoms with van der Waals surface area (Å²) in [5.41, 5.74) is 9.05. The standard InChI is InChI=1S/C25H24N2O3S/c26-24(29)23-20-8-4-5-9-21(20)31-25(23)27-22(28)15-12-17-10-13-19(14-11-17)30-16-18-6-2-1-3-7-18/h1-3,6-7,10-15H,4-5,8-9,16H2,(H2,26,29)(H,27,28)/b15-12+. The minimum atomic E-state index is -0.482. The number of ether oxygens (including phenoxy) is 1. The molecule has 5 nitrogen and oxygen atoms in total. The van der Waals surface area contributed by atoms with E-state index in [0.717, 1.165) is 53.0 Å². The molecule has 0 aliphatic heterocycles. The second-order valence-corrected chi connectivity index (χ2v) is 8.55. The molecule has 3 aromatic rings. The number of carbonyl (C=O) groups excluding carboxylic acids is 2. The lowest BCUT2D eigenvalue weighted by atomic mass is 9.95. The molecular formula is C25H24N2O3S. The van der Waals surface area contributed by atoms with Crippen molar-refractivity contribution in [1.29, 1.82) is 0 Å². The number of benzene rings is 2. The van der Waals surface area contributed by atoms with E-state index >= 15 is 0 Å². The van der Waals surface area contributed by atoms with Gasteiger partial charge in [-0.25, -0.2) is 0 Å². The lowest BCUT2D eigenvalue weighted by Crippen LogP contribution is -2.17. The molecule has 0 bridgehead atoms. The summed E-state index contributed by atoms with van der Waals surface area (Å²) in [6, 6.07) is 17.5. The molecule has 2 aromatic carbocycles. The Morgan fingerprint density at radius 3 is 2.52 bits per heavy atom. The van der Waals surface area contributed by atoms with Crippen LogP contribution in [0.15, 0.2) is 60.7 Å². The van der Waals surface area contributed by atoms with E-state index in [1.54, 1.807) is 6.08 Å². The number of fused-ring (bicyclic) bond motifs is 1. The average molecular weight is 433 g/mol. The molecule has 0 fully saturated rings. The van der Waals surface area contributed by atoms with E-state index in [2.05, 4.69) is 5.32 Å². The molecule has 0 spiro atoms. The summed E-state index contributed by atoms with van der Waals surface area (Å²) in [6.45, 7) is 0.505. The summed E-state index contributed by atoms with van der Waals surface area (Å²) in [5, 5.41) is 3.39. The maximum Gasteiger partial charge on any atom is 0.251 e. The van der Waals surface area contributed by atoms with Gasteiger partial charge in [-0.3, -0.25) is 9.59 Å². The van der Waals surface area contributed by atoms with E-state index in [1.807, 2.05) is 54.6 Å². The molecule has 2 amide bonds. The maximum absolute atomic E-state index is 12.4. The Kier molecular flexibility index (Phi) is 6.48. The number of anilines is 1. The minimum absolute atomic E-state index is 0.287. The van der Waals surface area contributed by atoms with Crippen LogP contribution in [-0.2, 0) is 24.2 Å². The highest BCUT2D eigenvalue weighted by Gasteiger charge is 2.24. The zero-order chi connectivity index (χ0) is 21.6. The highest BCUT2D eigenvalue weighted by molar-refractivity contribution is 7.17. The van der Waals surface area contributed by atoms with Crippen molar-refractivity contribution in [2.45, 2.75) is 32.3 Å². The van der Waals surface area contributed by atoms with E-state index in [4.69, 9.17) is 10.5 Å². The van der Waals surface area contributed by atoms with Crippen LogP contribution in [-0.4, -0.2) is 11.8 Å². The van der Waals surface area contributed by atoms with Gasteiger partial charge >= 0.3 is 0 Å². The van der Waals surface area contributed by atoms with E-state index in [0.29, 0.717) is 17.2 Å². The predicted octanol–water partition coefficient (Wildman–Crippen LogP) is 4.96. The first-order valence-corrected chi connectivity index (χ1v) is 11.1. The number of carbonyl (C=O) groups is 2. The fourth-order valence-corrected chi connectivity index (χ4v) is 4.95. The van der Waals surface area contributed by atoms with Crippen molar-refractivity contribution in [3.8, 4) is 5.75 Å². The van der Waals surface area contributed by atoms with Crippen LogP contribution in [0.25, 0.3) is 6.08 Å². The number of aryl methyl sites for hydroxylation is 1. The molecule has 0 atom stereocenters. The molecule has 0 saturated carbocycles. The molecule has 31 heavy (non-hydrogen) atoms. The zero-order valence-corrected chi connectivity index (χ0v) is 17.9. The molecule has 0 radical (unpaired) electrons. The largest absolute Gasteiger partial charge is 0.489 e. The molecule has 158 valence electrons. The molecule has 4 rings (SSSR count). The number of nitrogens with two attached hydrogens (primary N) is 1. The number of hydrogen-bond acceptors (Lipinski definition) is 4. The maximum atomic E-state index is 12.4. The second kappa shape index (κ2) is 9.62. The molecule has 0 unspecified atom stereocenters. The van der Waals surface area contributed by atoms with E-state index in [1.165, 1.54) is 17.4 Å². The Bertz CT molecular complexity index is 1100. The van der Waals surface area contributed by atoms with Gasteiger partial charge in [0.2, 0.25) is 5.91 Å². The summed E-state index contributed by atoms with van der Waals surface area (Å²) >= 11 is 1.46. The third kappa shape index (κ3) is 5.22. The second-order valence-electron chi connectivity index (χ2n) is 7.45. The van der Waals surface area contributed by atoms with Gasteiger partial charge in [-0.1, -0.05) is 42.5 Å². The normalized spacial score (nSPS) is 13.0. The summed E-state index contributed by atoms with van der Waals surface area (Å²) < 4.78 is 5.78. The van der Waals surface area contributed by atoms with Crippen molar-refractivity contribution in [3.63, 3.8) is 0 Å². The van der Waals surface area contributed by atoms with E-state index < -0.39 is 5.91 Å². The zero-order valence-electron chi connectivity index (χ0n) is 17.1. The van der Waals surface area contributed by atoms with Crippen LogP contribution in [0.5, 0.6) is 5.75 Å². The van der Waals surface area contributed by atoms with Crippen molar-refractivity contribution in [3.05, 3.63) is 87.8 Å². The van der Waals surface area contributed by atoms with Gasteiger partial charge in [0.05, 0.1) is 5.56 Å². The first-order chi connectivity index (χ1) is 15.1. The third-order valence-electron chi connectivity index (χ3n) is 5.21. The highest BCUT2D eigenvalue weighted by Crippen LogP contribution is 2.37. The molecular weight excluding hydrogens is 408 g/mol. The number of nitrogens with one attached hydrogen (secondary N) is 1. The van der Waals surface area contributed by atoms with Crippen molar-refractivity contribution >= 4 is 34.2 Å².